The average molecular weight is 266 g/mol. The van der Waals surface area contributed by atoms with Crippen molar-refractivity contribution in [2.24, 2.45) is 0 Å². The Hall–Kier alpha value is -0.560. The van der Waals surface area contributed by atoms with Crippen molar-refractivity contribution in [2.45, 2.75) is 90.1 Å². The van der Waals surface area contributed by atoms with E-state index in [9.17, 15) is 5.11 Å². The fourth-order valence-electron chi connectivity index (χ4n) is 2.19. The maximum atomic E-state index is 9.30. The lowest BCUT2D eigenvalue weighted by Crippen LogP contribution is -2.00. The van der Waals surface area contributed by atoms with E-state index in [0.717, 1.165) is 12.8 Å². The van der Waals surface area contributed by atoms with Crippen LogP contribution < -0.4 is 0 Å². The Balaban J connectivity index is 3.11. The van der Waals surface area contributed by atoms with Gasteiger partial charge in [-0.05, 0) is 32.1 Å². The summed E-state index contributed by atoms with van der Waals surface area (Å²) in [5, 5.41) is 9.30. The molecule has 0 aromatic rings. The minimum absolute atomic E-state index is 0.303. The molecule has 0 heterocycles. The molecule has 0 rings (SSSR count). The van der Waals surface area contributed by atoms with E-state index in [2.05, 4.69) is 25.7 Å². The van der Waals surface area contributed by atoms with E-state index < -0.39 is 0 Å². The molecule has 112 valence electrons. The van der Waals surface area contributed by atoms with Gasteiger partial charge >= 0.3 is 0 Å². The minimum Gasteiger partial charge on any atom is -0.389 e. The third kappa shape index (κ3) is 15.4. The quantitative estimate of drug-likeness (QED) is 0.311. The molecule has 0 radical (unpaired) electrons. The van der Waals surface area contributed by atoms with Gasteiger partial charge < -0.3 is 5.11 Å². The van der Waals surface area contributed by atoms with E-state index in [4.69, 9.17) is 0 Å². The summed E-state index contributed by atoms with van der Waals surface area (Å²) in [5.74, 6) is 0. The van der Waals surface area contributed by atoms with E-state index in [1.54, 1.807) is 6.08 Å². The highest BCUT2D eigenvalue weighted by molar-refractivity contribution is 4.81. The van der Waals surface area contributed by atoms with Crippen LogP contribution in [0.4, 0.5) is 0 Å². The van der Waals surface area contributed by atoms with Crippen molar-refractivity contribution in [1.82, 2.24) is 0 Å². The Morgan fingerprint density at radius 1 is 0.842 bits per heavy atom. The largest absolute Gasteiger partial charge is 0.389 e. The van der Waals surface area contributed by atoms with E-state index in [1.807, 2.05) is 0 Å². The number of unbranched alkanes of at least 4 members (excludes halogenated alkanes) is 9. The van der Waals surface area contributed by atoms with Gasteiger partial charge in [-0.2, -0.15) is 0 Å². The summed E-state index contributed by atoms with van der Waals surface area (Å²) >= 11 is 0. The smallest absolute Gasteiger partial charge is 0.0718 e. The van der Waals surface area contributed by atoms with Gasteiger partial charge in [0.05, 0.1) is 6.10 Å². The average Bonchev–Trinajstić information content (AvgIpc) is 2.43. The summed E-state index contributed by atoms with van der Waals surface area (Å²) in [6.45, 7) is 5.84. The molecule has 0 bridgehead atoms. The third-order valence-electron chi connectivity index (χ3n) is 3.53. The Morgan fingerprint density at radius 2 is 1.37 bits per heavy atom. The highest BCUT2D eigenvalue weighted by atomic mass is 16.3. The molecule has 0 saturated heterocycles. The highest BCUT2D eigenvalue weighted by Crippen LogP contribution is 2.09. The first kappa shape index (κ1) is 18.4. The molecule has 1 nitrogen and oxygen atoms in total. The van der Waals surface area contributed by atoms with E-state index >= 15 is 0 Å². The topological polar surface area (TPSA) is 20.2 Å². The zero-order chi connectivity index (χ0) is 14.2. The fraction of sp³-hybridized carbons (Fsp3) is 0.778. The van der Waals surface area contributed by atoms with Crippen LogP contribution in [0.15, 0.2) is 24.8 Å². The molecule has 0 aliphatic rings. The zero-order valence-electron chi connectivity index (χ0n) is 12.9. The van der Waals surface area contributed by atoms with Crippen LogP contribution in [0.1, 0.15) is 84.0 Å². The molecule has 0 unspecified atom stereocenters. The third-order valence-corrected chi connectivity index (χ3v) is 3.53. The summed E-state index contributed by atoms with van der Waals surface area (Å²) in [6.07, 6.45) is 21.2. The van der Waals surface area contributed by atoms with Crippen LogP contribution in [0, 0.1) is 0 Å². The first-order valence-electron chi connectivity index (χ1n) is 8.26. The second-order valence-corrected chi connectivity index (χ2v) is 5.47. The number of aliphatic hydroxyl groups excluding tert-OH is 1. The fourth-order valence-corrected chi connectivity index (χ4v) is 2.19. The first-order valence-corrected chi connectivity index (χ1v) is 8.26. The molecule has 1 N–H and O–H groups in total. The highest BCUT2D eigenvalue weighted by Gasteiger charge is 1.96. The predicted octanol–water partition coefficient (Wildman–Crippen LogP) is 5.79. The number of rotatable bonds is 14. The van der Waals surface area contributed by atoms with Crippen LogP contribution in [0.25, 0.3) is 0 Å². The van der Waals surface area contributed by atoms with E-state index in [1.165, 1.54) is 64.2 Å². The first-order chi connectivity index (χ1) is 9.31. The zero-order valence-corrected chi connectivity index (χ0v) is 12.9. The monoisotopic (exact) mass is 266 g/mol. The molecule has 0 aliphatic carbocycles. The molecule has 1 atom stereocenters. The van der Waals surface area contributed by atoms with Crippen LogP contribution in [-0.2, 0) is 0 Å². The van der Waals surface area contributed by atoms with Crippen molar-refractivity contribution in [1.29, 1.82) is 0 Å². The molecule has 19 heavy (non-hydrogen) atoms. The van der Waals surface area contributed by atoms with Crippen molar-refractivity contribution in [3.63, 3.8) is 0 Å². The Labute approximate surface area is 120 Å². The summed E-state index contributed by atoms with van der Waals surface area (Å²) in [4.78, 5) is 0. The van der Waals surface area contributed by atoms with Gasteiger partial charge in [-0.3, -0.25) is 0 Å². The number of allylic oxidation sites excluding steroid dienone is 2. The molecule has 0 fully saturated rings. The maximum absolute atomic E-state index is 9.30. The molecule has 1 heteroatoms. The van der Waals surface area contributed by atoms with Crippen molar-refractivity contribution >= 4 is 0 Å². The van der Waals surface area contributed by atoms with E-state index in [-0.39, 0.29) is 6.10 Å². The second kappa shape index (κ2) is 15.5. The van der Waals surface area contributed by atoms with Gasteiger partial charge in [-0.25, -0.2) is 0 Å². The standard InChI is InChI=1S/C18H34O/c1-3-5-6-7-8-9-10-11-12-13-14-15-16-17-18(19)4-2/h4,11-12,18-19H,2-3,5-10,13-17H2,1H3/b12-11-/t18-/m1/s1. The van der Waals surface area contributed by atoms with Gasteiger partial charge in [0.25, 0.3) is 0 Å². The number of hydrogen-bond acceptors (Lipinski definition) is 1. The maximum Gasteiger partial charge on any atom is 0.0718 e. The van der Waals surface area contributed by atoms with Crippen molar-refractivity contribution in [2.75, 3.05) is 0 Å². The second-order valence-electron chi connectivity index (χ2n) is 5.47. The van der Waals surface area contributed by atoms with E-state index in [0.29, 0.717) is 0 Å². The summed E-state index contributed by atoms with van der Waals surface area (Å²) in [5.41, 5.74) is 0. The number of hydrogen-bond donors (Lipinski definition) is 1. The predicted molar refractivity (Wildman–Crippen MR) is 86.4 cm³/mol. The minimum atomic E-state index is -0.303. The normalized spacial score (nSPS) is 12.9. The summed E-state index contributed by atoms with van der Waals surface area (Å²) < 4.78 is 0. The SMILES string of the molecule is C=C[C@@H](O)CCCCC/C=C\CCCCCCCC. The molecule has 0 aliphatic heterocycles. The Morgan fingerprint density at radius 3 is 1.95 bits per heavy atom. The van der Waals surface area contributed by atoms with Crippen molar-refractivity contribution in [3.05, 3.63) is 24.8 Å². The van der Waals surface area contributed by atoms with Gasteiger partial charge in [0.15, 0.2) is 0 Å². The molecule has 0 saturated carbocycles. The molecule has 0 aromatic carbocycles. The van der Waals surface area contributed by atoms with Crippen LogP contribution >= 0.6 is 0 Å². The Kier molecular flexibility index (Phi) is 15.0. The number of aliphatic hydroxyl groups is 1. The van der Waals surface area contributed by atoms with Gasteiger partial charge in [0.1, 0.15) is 0 Å². The molecule has 0 aromatic heterocycles. The lowest BCUT2D eigenvalue weighted by atomic mass is 10.1. The lowest BCUT2D eigenvalue weighted by molar-refractivity contribution is 0.208. The van der Waals surface area contributed by atoms with Gasteiger partial charge in [-0.15, -0.1) is 6.58 Å². The van der Waals surface area contributed by atoms with Crippen molar-refractivity contribution < 1.29 is 5.11 Å². The summed E-state index contributed by atoms with van der Waals surface area (Å²) in [7, 11) is 0. The van der Waals surface area contributed by atoms with Gasteiger partial charge in [-0.1, -0.05) is 70.1 Å². The molecular weight excluding hydrogens is 232 g/mol. The van der Waals surface area contributed by atoms with Crippen LogP contribution in [-0.4, -0.2) is 11.2 Å². The van der Waals surface area contributed by atoms with Crippen LogP contribution in [0.5, 0.6) is 0 Å². The molecule has 0 amide bonds. The Bertz CT molecular complexity index is 208. The van der Waals surface area contributed by atoms with Crippen LogP contribution in [0.2, 0.25) is 0 Å². The molecule has 0 spiro atoms. The lowest BCUT2D eigenvalue weighted by Gasteiger charge is -2.03. The van der Waals surface area contributed by atoms with Gasteiger partial charge in [0.2, 0.25) is 0 Å². The van der Waals surface area contributed by atoms with Crippen LogP contribution in [0.3, 0.4) is 0 Å². The van der Waals surface area contributed by atoms with Gasteiger partial charge in [0, 0.05) is 0 Å². The summed E-state index contributed by atoms with van der Waals surface area (Å²) in [6, 6.07) is 0. The molecular formula is C18H34O. The van der Waals surface area contributed by atoms with Crippen molar-refractivity contribution in [3.8, 4) is 0 Å².